The van der Waals surface area contributed by atoms with Crippen LogP contribution in [0.5, 0.6) is 0 Å². The van der Waals surface area contributed by atoms with E-state index in [-0.39, 0.29) is 40.4 Å². The summed E-state index contributed by atoms with van der Waals surface area (Å²) in [6, 6.07) is 16.3. The Balaban J connectivity index is 2.06. The SMILES string of the molecule is [C-]#[N+]C([N+]#[C-])=c1cc2cc3cc4[se]c(=C(C#N)C#N)cc4cc3cc2[se]1. The Bertz CT molecular complexity index is 1300. The topological polar surface area (TPSA) is 56.3 Å². The number of fused-ring (bicyclic) bond motifs is 3. The first-order chi connectivity index (χ1) is 12.7. The van der Waals surface area contributed by atoms with E-state index in [1.807, 2.05) is 24.3 Å². The van der Waals surface area contributed by atoms with Crippen molar-refractivity contribution in [2.45, 2.75) is 0 Å². The second kappa shape index (κ2) is 6.33. The van der Waals surface area contributed by atoms with Crippen LogP contribution in [-0.2, 0) is 0 Å². The summed E-state index contributed by atoms with van der Waals surface area (Å²) in [5.74, 6) is 0.166. The first kappa shape index (κ1) is 16.4. The molecule has 4 aromatic rings. The molecule has 0 aliphatic heterocycles. The van der Waals surface area contributed by atoms with Crippen molar-refractivity contribution in [1.82, 2.24) is 0 Å². The van der Waals surface area contributed by atoms with E-state index in [4.69, 9.17) is 23.7 Å². The molecule has 118 valence electrons. The molecule has 0 radical (unpaired) electrons. The van der Waals surface area contributed by atoms with Crippen molar-refractivity contribution in [3.8, 4) is 12.1 Å². The molecule has 26 heavy (non-hydrogen) atoms. The monoisotopic (exact) mass is 462 g/mol. The summed E-state index contributed by atoms with van der Waals surface area (Å²) in [4.78, 5) is 6.66. The van der Waals surface area contributed by atoms with Crippen LogP contribution in [0.4, 0.5) is 0 Å². The van der Waals surface area contributed by atoms with Crippen LogP contribution >= 0.6 is 0 Å². The molecule has 4 rings (SSSR count). The Morgan fingerprint density at radius 3 is 1.73 bits per heavy atom. The number of benzene rings is 2. The fourth-order valence-corrected chi connectivity index (χ4v) is 7.16. The van der Waals surface area contributed by atoms with Gasteiger partial charge in [-0.1, -0.05) is 0 Å². The van der Waals surface area contributed by atoms with Crippen LogP contribution < -0.4 is 8.19 Å². The third kappa shape index (κ3) is 2.56. The van der Waals surface area contributed by atoms with Crippen LogP contribution in [0, 0.1) is 35.8 Å². The van der Waals surface area contributed by atoms with Gasteiger partial charge in [-0.3, -0.25) is 0 Å². The number of rotatable bonds is 0. The predicted octanol–water partition coefficient (Wildman–Crippen LogP) is 2.36. The van der Waals surface area contributed by atoms with Crippen LogP contribution in [0.1, 0.15) is 0 Å². The van der Waals surface area contributed by atoms with Gasteiger partial charge in [-0.15, -0.1) is 0 Å². The third-order valence-corrected chi connectivity index (χ3v) is 8.65. The van der Waals surface area contributed by atoms with Gasteiger partial charge < -0.3 is 0 Å². The molecule has 0 fully saturated rings. The van der Waals surface area contributed by atoms with Crippen molar-refractivity contribution in [2.24, 2.45) is 0 Å². The van der Waals surface area contributed by atoms with Gasteiger partial charge in [-0.25, -0.2) is 0 Å². The van der Waals surface area contributed by atoms with E-state index in [1.54, 1.807) is 0 Å². The predicted molar refractivity (Wildman–Crippen MR) is 103 cm³/mol. The summed E-state index contributed by atoms with van der Waals surface area (Å²) >= 11 is -0.0656. The molecule has 0 aliphatic carbocycles. The molecule has 0 saturated heterocycles. The van der Waals surface area contributed by atoms with Gasteiger partial charge in [0.15, 0.2) is 0 Å². The van der Waals surface area contributed by atoms with E-state index >= 15 is 0 Å². The summed E-state index contributed by atoms with van der Waals surface area (Å²) in [6.07, 6.45) is 0. The van der Waals surface area contributed by atoms with Gasteiger partial charge in [0.2, 0.25) is 0 Å². The number of nitriles is 2. The second-order valence-corrected chi connectivity index (χ2v) is 10.0. The van der Waals surface area contributed by atoms with Crippen LogP contribution in [-0.4, -0.2) is 29.0 Å². The molecule has 0 unspecified atom stereocenters. The van der Waals surface area contributed by atoms with Crippen LogP contribution in [0.2, 0.25) is 0 Å². The first-order valence-corrected chi connectivity index (χ1v) is 10.8. The maximum absolute atomic E-state index is 9.09. The molecule has 2 heterocycles. The fraction of sp³-hybridized carbons (Fsp3) is 0. The molecule has 0 aliphatic rings. The van der Waals surface area contributed by atoms with Gasteiger partial charge in [0.25, 0.3) is 0 Å². The minimum atomic E-state index is -0.0383. The molecule has 2 aromatic carbocycles. The second-order valence-electron chi connectivity index (χ2n) is 5.49. The van der Waals surface area contributed by atoms with Crippen molar-refractivity contribution < 1.29 is 0 Å². The summed E-state index contributed by atoms with van der Waals surface area (Å²) in [7, 11) is 0. The van der Waals surface area contributed by atoms with Gasteiger partial charge in [-0.05, 0) is 0 Å². The van der Waals surface area contributed by atoms with Gasteiger partial charge in [-0.2, -0.15) is 0 Å². The summed E-state index contributed by atoms with van der Waals surface area (Å²) in [5, 5.41) is 22.5. The van der Waals surface area contributed by atoms with Crippen molar-refractivity contribution >= 4 is 70.5 Å². The van der Waals surface area contributed by atoms with Gasteiger partial charge in [0, 0.05) is 0 Å². The molecule has 4 nitrogen and oxygen atoms in total. The Morgan fingerprint density at radius 2 is 1.23 bits per heavy atom. The zero-order valence-corrected chi connectivity index (χ0v) is 16.5. The van der Waals surface area contributed by atoms with Gasteiger partial charge in [0.05, 0.1) is 0 Å². The zero-order chi connectivity index (χ0) is 18.3. The van der Waals surface area contributed by atoms with Crippen molar-refractivity contribution in [1.29, 1.82) is 10.5 Å². The van der Waals surface area contributed by atoms with Gasteiger partial charge in [0.1, 0.15) is 0 Å². The minimum absolute atomic E-state index is 0.0273. The van der Waals surface area contributed by atoms with E-state index in [0.29, 0.717) is 0 Å². The fourth-order valence-electron chi connectivity index (χ4n) is 2.83. The van der Waals surface area contributed by atoms with Crippen LogP contribution in [0.25, 0.3) is 51.1 Å². The Hall–Kier alpha value is -3.08. The maximum atomic E-state index is 9.09. The van der Waals surface area contributed by atoms with E-state index in [2.05, 4.69) is 34.0 Å². The molecular weight excluding hydrogens is 454 g/mol. The summed E-state index contributed by atoms with van der Waals surface area (Å²) < 4.78 is 4.03. The van der Waals surface area contributed by atoms with E-state index in [1.165, 1.54) is 8.52 Å². The van der Waals surface area contributed by atoms with Crippen molar-refractivity contribution in [2.75, 3.05) is 0 Å². The van der Waals surface area contributed by atoms with Crippen LogP contribution in [0.3, 0.4) is 0 Å². The van der Waals surface area contributed by atoms with Crippen molar-refractivity contribution in [3.05, 3.63) is 67.4 Å². The molecule has 0 saturated carbocycles. The van der Waals surface area contributed by atoms with E-state index in [0.717, 1.165) is 29.7 Å². The Kier molecular flexibility index (Phi) is 3.99. The molecule has 0 bridgehead atoms. The van der Waals surface area contributed by atoms with E-state index in [9.17, 15) is 0 Å². The third-order valence-electron chi connectivity index (χ3n) is 4.01. The summed E-state index contributed by atoms with van der Waals surface area (Å²) in [5.41, 5.74) is 0.199. The Labute approximate surface area is 160 Å². The molecule has 6 heteroatoms. The quantitative estimate of drug-likeness (QED) is 0.299. The average Bonchev–Trinajstić information content (AvgIpc) is 3.23. The number of hydrogen-bond donors (Lipinski definition) is 0. The zero-order valence-electron chi connectivity index (χ0n) is 13.1. The van der Waals surface area contributed by atoms with Crippen LogP contribution in [0.15, 0.2) is 36.4 Å². The molecule has 0 spiro atoms. The summed E-state index contributed by atoms with van der Waals surface area (Å²) in [6.45, 7) is 14.3. The Morgan fingerprint density at radius 1 is 0.731 bits per heavy atom. The number of hydrogen-bond acceptors (Lipinski definition) is 2. The van der Waals surface area contributed by atoms with E-state index < -0.39 is 0 Å². The standard InChI is InChI=1S/C20H6N4Se2/c1-23-20(24-2)19-8-14-4-12-5-16-13(3-11(12)6-17(14)26-19)7-18(25-16)15(9-21)10-22/h3-8H. The number of nitrogens with zero attached hydrogens (tertiary/aromatic N) is 4. The molecule has 0 N–H and O–H groups in total. The van der Waals surface area contributed by atoms with Crippen molar-refractivity contribution in [3.63, 3.8) is 0 Å². The average molecular weight is 460 g/mol. The molecule has 0 atom stereocenters. The molecular formula is C20H6N4Se2. The first-order valence-electron chi connectivity index (χ1n) is 7.37. The van der Waals surface area contributed by atoms with Gasteiger partial charge >= 0.3 is 161 Å². The molecule has 0 amide bonds. The molecule has 2 aromatic heterocycles. The normalized spacial score (nSPS) is 10.2.